The van der Waals surface area contributed by atoms with Gasteiger partial charge in [0.2, 0.25) is 0 Å². The summed E-state index contributed by atoms with van der Waals surface area (Å²) in [6, 6.07) is 20.3. The Labute approximate surface area is 588 Å². The quantitative estimate of drug-likeness (QED) is 0.139. The number of aliphatic carboxylic acids is 10. The van der Waals surface area contributed by atoms with Gasteiger partial charge in [-0.15, -0.1) is 0 Å². The number of rotatable bonds is 10. The van der Waals surface area contributed by atoms with Crippen molar-refractivity contribution < 1.29 is 99.0 Å². The predicted octanol–water partition coefficient (Wildman–Crippen LogP) is 2.95. The molecule has 11 aliphatic rings. The molecule has 8 fully saturated rings. The number of benzene rings is 3. The molecule has 13 unspecified atom stereocenters. The Bertz CT molecular complexity index is 2970. The maximum Gasteiger partial charge on any atom is 0.325 e. The van der Waals surface area contributed by atoms with Crippen molar-refractivity contribution in [2.75, 3.05) is 52.4 Å². The first kappa shape index (κ1) is 83.6. The fourth-order valence-corrected chi connectivity index (χ4v) is 13.1. The zero-order valence-corrected chi connectivity index (χ0v) is 57.5. The van der Waals surface area contributed by atoms with Crippen LogP contribution in [0.5, 0.6) is 0 Å². The van der Waals surface area contributed by atoms with Crippen LogP contribution in [0.1, 0.15) is 149 Å². The van der Waals surface area contributed by atoms with Crippen molar-refractivity contribution >= 4 is 59.7 Å². The highest BCUT2D eigenvalue weighted by Gasteiger charge is 2.41. The highest BCUT2D eigenvalue weighted by atomic mass is 16.4. The van der Waals surface area contributed by atoms with Gasteiger partial charge < -0.3 is 104 Å². The number of hydrogen-bond donors (Lipinski definition) is 20. The van der Waals surface area contributed by atoms with E-state index in [4.69, 9.17) is 51.1 Å². The van der Waals surface area contributed by atoms with Crippen LogP contribution in [0.3, 0.4) is 0 Å². The van der Waals surface area contributed by atoms with Gasteiger partial charge in [-0.05, 0) is 193 Å². The predicted molar refractivity (Wildman–Crippen MR) is 371 cm³/mol. The maximum atomic E-state index is 10.9. The third-order valence-electron chi connectivity index (χ3n) is 19.1. The molecule has 14 rings (SSSR count). The molecule has 0 bridgehead atoms. The van der Waals surface area contributed by atoms with Crippen molar-refractivity contribution in [2.24, 2.45) is 17.8 Å². The third kappa shape index (κ3) is 29.8. The van der Waals surface area contributed by atoms with Gasteiger partial charge in [0.05, 0.1) is 0 Å². The largest absolute Gasteiger partial charge is 0.480 e. The van der Waals surface area contributed by atoms with Crippen molar-refractivity contribution in [3.63, 3.8) is 0 Å². The van der Waals surface area contributed by atoms with E-state index in [0.717, 1.165) is 165 Å². The summed E-state index contributed by atoms with van der Waals surface area (Å²) < 4.78 is 0. The minimum Gasteiger partial charge on any atom is -0.480 e. The molecule has 10 aliphatic heterocycles. The molecule has 3 aromatic rings. The van der Waals surface area contributed by atoms with E-state index >= 15 is 0 Å². The molecule has 101 heavy (non-hydrogen) atoms. The molecule has 20 N–H and O–H groups in total. The number of hydrogen-bond acceptors (Lipinski definition) is 20. The van der Waals surface area contributed by atoms with E-state index in [1.807, 2.05) is 72.8 Å². The molecule has 30 nitrogen and oxygen atoms in total. The van der Waals surface area contributed by atoms with Gasteiger partial charge in [0.1, 0.15) is 60.4 Å². The van der Waals surface area contributed by atoms with Gasteiger partial charge in [0.25, 0.3) is 0 Å². The van der Waals surface area contributed by atoms with Gasteiger partial charge in [-0.3, -0.25) is 47.9 Å². The molecular weight excluding hydrogens is 1310 g/mol. The number of carboxylic acids is 10. The molecule has 7 saturated heterocycles. The molecule has 3 aromatic carbocycles. The fraction of sp³-hybridized carbons (Fsp3) is 0.606. The van der Waals surface area contributed by atoms with E-state index in [-0.39, 0.29) is 42.3 Å². The highest BCUT2D eigenvalue weighted by molar-refractivity contribution is 5.78. The second kappa shape index (κ2) is 45.0. The summed E-state index contributed by atoms with van der Waals surface area (Å²) in [5, 5.41) is 115. The lowest BCUT2D eigenvalue weighted by Gasteiger charge is -2.26. The Morgan fingerprint density at radius 2 is 0.693 bits per heavy atom. The second-order valence-electron chi connectivity index (χ2n) is 26.5. The van der Waals surface area contributed by atoms with E-state index in [2.05, 4.69) is 60.1 Å². The zero-order chi connectivity index (χ0) is 73.8. The molecule has 0 aromatic heterocycles. The van der Waals surface area contributed by atoms with E-state index in [1.165, 1.54) is 30.4 Å². The Morgan fingerprint density at radius 1 is 0.317 bits per heavy atom. The zero-order valence-electron chi connectivity index (χ0n) is 57.5. The molecule has 560 valence electrons. The number of carbonyl (C=O) groups is 10. The lowest BCUT2D eigenvalue weighted by Crippen LogP contribution is -2.48. The van der Waals surface area contributed by atoms with Crippen molar-refractivity contribution in [2.45, 2.75) is 202 Å². The molecule has 0 amide bonds. The SMILES string of the molecule is CC1CNC(C(=O)O)C1.O=C(O)C1CCCCN1.O=C(O)C1CCCCN1.O=C(O)C1CCCN1.O=C(O)C1CCCN1.O=C(O)C1CCN1.O=C(O)C1Cc2ccccc2CN1.O=C(O)C1Cc2ccccc2CN1.O=C(O)C1NCC2CCCCC21.O=C(O)C1NCCc2ccccc21. The molecule has 10 heterocycles. The number of piperidine rings is 2. The maximum absolute atomic E-state index is 10.9. The third-order valence-corrected chi connectivity index (χ3v) is 19.1. The minimum atomic E-state index is -0.799. The van der Waals surface area contributed by atoms with Crippen LogP contribution in [-0.4, -0.2) is 217 Å². The first-order valence-electron chi connectivity index (χ1n) is 35.2. The van der Waals surface area contributed by atoms with Gasteiger partial charge in [-0.2, -0.15) is 0 Å². The molecular formula is C71H106N10O20. The Hall–Kier alpha value is -8.04. The summed E-state index contributed by atoms with van der Waals surface area (Å²) in [6.07, 6.45) is 17.9. The van der Waals surface area contributed by atoms with Gasteiger partial charge >= 0.3 is 59.7 Å². The number of carboxylic acid groups (broad SMARTS) is 10. The van der Waals surface area contributed by atoms with Crippen LogP contribution in [0.15, 0.2) is 72.8 Å². The summed E-state index contributed by atoms with van der Waals surface area (Å²) in [4.78, 5) is 104. The Balaban J connectivity index is 0.000000204. The lowest BCUT2D eigenvalue weighted by atomic mass is 9.78. The average Bonchev–Trinajstić information content (AvgIpc) is 1.80. The highest BCUT2D eigenvalue weighted by Crippen LogP contribution is 2.36. The first-order chi connectivity index (χ1) is 48.3. The Kier molecular flexibility index (Phi) is 37.3. The smallest absolute Gasteiger partial charge is 0.325 e. The monoisotopic (exact) mass is 1420 g/mol. The topological polar surface area (TPSA) is 493 Å². The summed E-state index contributed by atoms with van der Waals surface area (Å²) in [7, 11) is 0. The van der Waals surface area contributed by atoms with Crippen LogP contribution in [0.2, 0.25) is 0 Å². The molecule has 1 saturated carbocycles. The van der Waals surface area contributed by atoms with Crippen LogP contribution in [0.25, 0.3) is 0 Å². The molecule has 30 heteroatoms. The first-order valence-corrected chi connectivity index (χ1v) is 35.2. The summed E-state index contributed by atoms with van der Waals surface area (Å²) in [6.45, 7) is 10.2. The van der Waals surface area contributed by atoms with E-state index in [9.17, 15) is 47.9 Å². The molecule has 13 atom stereocenters. The number of nitrogens with one attached hydrogen (secondary N) is 10. The van der Waals surface area contributed by atoms with Crippen LogP contribution >= 0.6 is 0 Å². The summed E-state index contributed by atoms with van der Waals surface area (Å²) in [5.41, 5.74) is 6.76. The van der Waals surface area contributed by atoms with Crippen molar-refractivity contribution in [3.8, 4) is 0 Å². The molecule has 0 spiro atoms. The normalized spacial score (nSPS) is 27.4. The van der Waals surface area contributed by atoms with Crippen molar-refractivity contribution in [3.05, 3.63) is 106 Å². The van der Waals surface area contributed by atoms with Gasteiger partial charge in [0, 0.05) is 19.6 Å². The van der Waals surface area contributed by atoms with Crippen LogP contribution in [-0.2, 0) is 80.3 Å². The van der Waals surface area contributed by atoms with Crippen molar-refractivity contribution in [1.82, 2.24) is 53.2 Å². The molecule has 0 radical (unpaired) electrons. The van der Waals surface area contributed by atoms with Crippen molar-refractivity contribution in [1.29, 1.82) is 0 Å². The second-order valence-corrected chi connectivity index (χ2v) is 26.5. The lowest BCUT2D eigenvalue weighted by molar-refractivity contribution is -0.142. The average molecular weight is 1420 g/mol. The fourth-order valence-electron chi connectivity index (χ4n) is 13.1. The van der Waals surface area contributed by atoms with Crippen LogP contribution in [0.4, 0.5) is 0 Å². The van der Waals surface area contributed by atoms with Gasteiger partial charge in [0.15, 0.2) is 0 Å². The minimum absolute atomic E-state index is 0.250. The summed E-state index contributed by atoms with van der Waals surface area (Å²) in [5.74, 6) is -5.75. The standard InChI is InChI=1S/3C10H11NO2.C9H15NO2.3C6H11NO2.2C5H9NO2.C4H7NO2/c2*12-10(13)9-5-7-3-1-2-4-8(7)6-11-9;12-10(13)9-8-4-2-1-3-7(8)5-6-11-9;11-9(12)8-7-4-2-1-3-6(7)5-10-8;1-4-2-5(6(8)9)7-3-4;2*8-6(9)5-3-1-2-4-7-5;2*7-5(8)4-2-1-3-6-4;6-4(7)3-1-2-5-3/h3*1-4,9,11H,5-6H2,(H,12,13);6-8,10H,1-5H2,(H,11,12);4-5,7H,2-3H2,1H3,(H,8,9);2*5,7H,1-4H2,(H,8,9);2*4,6H,1-3H2,(H,7,8);3,5H,1-2H2,(H,6,7). The number of fused-ring (bicyclic) bond motifs is 4. The summed E-state index contributed by atoms with van der Waals surface area (Å²) >= 11 is 0. The van der Waals surface area contributed by atoms with Crippen LogP contribution < -0.4 is 53.2 Å². The van der Waals surface area contributed by atoms with E-state index in [0.29, 0.717) is 43.7 Å². The van der Waals surface area contributed by atoms with Gasteiger partial charge in [-0.25, -0.2) is 0 Å². The van der Waals surface area contributed by atoms with E-state index < -0.39 is 77.8 Å². The van der Waals surface area contributed by atoms with Crippen LogP contribution in [0, 0.1) is 17.8 Å². The molecule has 1 aliphatic carbocycles. The van der Waals surface area contributed by atoms with Gasteiger partial charge in [-0.1, -0.05) is 105 Å². The Morgan fingerprint density at radius 3 is 1.03 bits per heavy atom. The van der Waals surface area contributed by atoms with E-state index in [1.54, 1.807) is 0 Å².